The monoisotopic (exact) mass is 443 g/mol. The van der Waals surface area contributed by atoms with Gasteiger partial charge in [0.15, 0.2) is 0 Å². The van der Waals surface area contributed by atoms with Gasteiger partial charge in [0.25, 0.3) is 0 Å². The Hall–Kier alpha value is -1.69. The Balaban J connectivity index is 1.43. The Morgan fingerprint density at radius 2 is 1.97 bits per heavy atom. The quantitative estimate of drug-likeness (QED) is 0.539. The number of benzene rings is 1. The van der Waals surface area contributed by atoms with E-state index < -0.39 is 0 Å². The average Bonchev–Trinajstić information content (AvgIpc) is 2.74. The molecule has 2 saturated carbocycles. The van der Waals surface area contributed by atoms with E-state index in [-0.39, 0.29) is 12.0 Å². The number of nitrogens with zero attached hydrogens (tertiary/aromatic N) is 1. The lowest BCUT2D eigenvalue weighted by molar-refractivity contribution is -0.117. The molecular weight excluding hydrogens is 410 g/mol. The van der Waals surface area contributed by atoms with E-state index in [1.165, 1.54) is 38.5 Å². The number of aliphatic hydroxyl groups excluding tert-OH is 1. The lowest BCUT2D eigenvalue weighted by Crippen LogP contribution is -2.29. The van der Waals surface area contributed by atoms with Gasteiger partial charge in [0.05, 0.1) is 22.3 Å². The van der Waals surface area contributed by atoms with Crippen molar-refractivity contribution in [3.8, 4) is 0 Å². The number of carbonyl (C=O) groups excluding carboxylic acids is 1. The molecule has 2 aliphatic carbocycles. The lowest BCUT2D eigenvalue weighted by Gasteiger charge is -2.38. The molecule has 31 heavy (non-hydrogen) atoms. The second kappa shape index (κ2) is 10.3. The molecule has 0 radical (unpaired) electrons. The van der Waals surface area contributed by atoms with Gasteiger partial charge in [0.1, 0.15) is 0 Å². The van der Waals surface area contributed by atoms with Crippen LogP contribution < -0.4 is 10.6 Å². The van der Waals surface area contributed by atoms with Gasteiger partial charge in [-0.05, 0) is 81.2 Å². The van der Waals surface area contributed by atoms with E-state index in [0.717, 1.165) is 28.4 Å². The van der Waals surface area contributed by atoms with Crippen LogP contribution in [-0.4, -0.2) is 35.7 Å². The number of aryl methyl sites for hydroxylation is 1. The molecule has 4 rings (SSSR count). The molecule has 2 fully saturated rings. The van der Waals surface area contributed by atoms with Gasteiger partial charge in [-0.3, -0.25) is 9.78 Å². The summed E-state index contributed by atoms with van der Waals surface area (Å²) in [5.41, 5.74) is 2.40. The molecular formula is C25H34ClN3O2. The van der Waals surface area contributed by atoms with Crippen molar-refractivity contribution >= 4 is 34.1 Å². The largest absolute Gasteiger partial charge is 0.392 e. The highest BCUT2D eigenvalue weighted by Gasteiger charge is 2.32. The van der Waals surface area contributed by atoms with Crippen LogP contribution in [0.2, 0.25) is 5.02 Å². The maximum atomic E-state index is 12.9. The second-order valence-electron chi connectivity index (χ2n) is 9.53. The fourth-order valence-electron chi connectivity index (χ4n) is 5.63. The number of amides is 1. The highest BCUT2D eigenvalue weighted by molar-refractivity contribution is 6.35. The molecule has 2 aliphatic rings. The molecule has 2 aromatic rings. The Kier molecular flexibility index (Phi) is 7.47. The molecule has 2 bridgehead atoms. The van der Waals surface area contributed by atoms with Crippen molar-refractivity contribution in [2.24, 2.45) is 17.8 Å². The molecule has 3 N–H and O–H groups in total. The number of anilines is 1. The van der Waals surface area contributed by atoms with Crippen LogP contribution in [0.3, 0.4) is 0 Å². The maximum absolute atomic E-state index is 12.9. The minimum absolute atomic E-state index is 0.0543. The third-order valence-electron chi connectivity index (χ3n) is 7.01. The number of likely N-dealkylation sites (N-methyl/N-ethyl adjacent to an activating group) is 1. The van der Waals surface area contributed by atoms with Crippen molar-refractivity contribution in [1.29, 1.82) is 0 Å². The molecule has 2 unspecified atom stereocenters. The standard InChI is InChI=1S/C25H34ClN3O2/c1-27-15-20(30)7-5-19-6-8-21-23(28-19)10-9-22(26)25(21)29-24(31)14-18-12-16-3-2-4-17(11-16)13-18/h6,8-10,16-18,20,27,30H,2-5,7,11-15H2,1H3,(H,29,31)/t16?,17?,18?,20-/m1/s1. The average molecular weight is 444 g/mol. The predicted molar refractivity (Wildman–Crippen MR) is 126 cm³/mol. The molecule has 168 valence electrons. The van der Waals surface area contributed by atoms with Crippen molar-refractivity contribution in [1.82, 2.24) is 10.3 Å². The van der Waals surface area contributed by atoms with Crippen molar-refractivity contribution < 1.29 is 9.90 Å². The summed E-state index contributed by atoms with van der Waals surface area (Å²) < 4.78 is 0. The minimum Gasteiger partial charge on any atom is -0.392 e. The third-order valence-corrected chi connectivity index (χ3v) is 7.33. The first-order valence-electron chi connectivity index (χ1n) is 11.7. The molecule has 0 spiro atoms. The van der Waals surface area contributed by atoms with Crippen LogP contribution in [0.1, 0.15) is 57.1 Å². The molecule has 0 saturated heterocycles. The van der Waals surface area contributed by atoms with Gasteiger partial charge in [-0.1, -0.05) is 30.9 Å². The number of aromatic nitrogens is 1. The summed E-state index contributed by atoms with van der Waals surface area (Å²) in [5, 5.41) is 17.4. The van der Waals surface area contributed by atoms with Gasteiger partial charge >= 0.3 is 0 Å². The van der Waals surface area contributed by atoms with Gasteiger partial charge in [0.2, 0.25) is 5.91 Å². The van der Waals surface area contributed by atoms with E-state index in [9.17, 15) is 9.90 Å². The van der Waals surface area contributed by atoms with E-state index in [4.69, 9.17) is 16.6 Å². The molecule has 5 nitrogen and oxygen atoms in total. The van der Waals surface area contributed by atoms with Crippen LogP contribution in [0, 0.1) is 17.8 Å². The summed E-state index contributed by atoms with van der Waals surface area (Å²) in [6.07, 6.45) is 9.34. The van der Waals surface area contributed by atoms with Crippen LogP contribution in [0.25, 0.3) is 10.9 Å². The summed E-state index contributed by atoms with van der Waals surface area (Å²) in [7, 11) is 1.83. The molecule has 1 aromatic heterocycles. The van der Waals surface area contributed by atoms with Gasteiger partial charge in [-0.15, -0.1) is 0 Å². The van der Waals surface area contributed by atoms with Crippen molar-refractivity contribution in [3.63, 3.8) is 0 Å². The van der Waals surface area contributed by atoms with E-state index >= 15 is 0 Å². The second-order valence-corrected chi connectivity index (χ2v) is 9.94. The van der Waals surface area contributed by atoms with Crippen LogP contribution in [0.4, 0.5) is 5.69 Å². The lowest BCUT2D eigenvalue weighted by atomic mass is 9.67. The van der Waals surface area contributed by atoms with Crippen molar-refractivity contribution in [2.45, 2.75) is 63.9 Å². The van der Waals surface area contributed by atoms with Crippen LogP contribution in [0.5, 0.6) is 0 Å². The number of pyridine rings is 1. The third kappa shape index (κ3) is 5.76. The Labute approximate surface area is 190 Å². The first-order chi connectivity index (χ1) is 15.0. The summed E-state index contributed by atoms with van der Waals surface area (Å²) in [6, 6.07) is 7.64. The van der Waals surface area contributed by atoms with Crippen molar-refractivity contribution in [3.05, 3.63) is 35.0 Å². The molecule has 6 heteroatoms. The highest BCUT2D eigenvalue weighted by Crippen LogP contribution is 2.43. The first-order valence-corrected chi connectivity index (χ1v) is 12.1. The Morgan fingerprint density at radius 1 is 1.19 bits per heavy atom. The number of aliphatic hydroxyl groups is 1. The van der Waals surface area contributed by atoms with Crippen LogP contribution >= 0.6 is 11.6 Å². The summed E-state index contributed by atoms with van der Waals surface area (Å²) >= 11 is 6.46. The number of carbonyl (C=O) groups is 1. The summed E-state index contributed by atoms with van der Waals surface area (Å²) in [4.78, 5) is 17.6. The fourth-order valence-corrected chi connectivity index (χ4v) is 5.84. The van der Waals surface area contributed by atoms with Gasteiger partial charge < -0.3 is 15.7 Å². The molecule has 1 amide bonds. The fraction of sp³-hybridized carbons (Fsp3) is 0.600. The number of hydrogen-bond donors (Lipinski definition) is 3. The summed E-state index contributed by atoms with van der Waals surface area (Å²) in [5.74, 6) is 2.19. The van der Waals surface area contributed by atoms with Gasteiger partial charge in [-0.25, -0.2) is 0 Å². The maximum Gasteiger partial charge on any atom is 0.224 e. The van der Waals surface area contributed by atoms with Gasteiger partial charge in [-0.2, -0.15) is 0 Å². The highest BCUT2D eigenvalue weighted by atomic mass is 35.5. The van der Waals surface area contributed by atoms with E-state index in [1.807, 2.05) is 25.2 Å². The zero-order valence-electron chi connectivity index (χ0n) is 18.4. The molecule has 0 aliphatic heterocycles. The number of halogens is 1. The van der Waals surface area contributed by atoms with Crippen LogP contribution in [-0.2, 0) is 11.2 Å². The van der Waals surface area contributed by atoms with E-state index in [1.54, 1.807) is 6.07 Å². The molecule has 3 atom stereocenters. The zero-order valence-corrected chi connectivity index (χ0v) is 19.1. The topological polar surface area (TPSA) is 74.2 Å². The van der Waals surface area contributed by atoms with Crippen molar-refractivity contribution in [2.75, 3.05) is 18.9 Å². The molecule has 1 aromatic carbocycles. The number of hydrogen-bond acceptors (Lipinski definition) is 4. The Morgan fingerprint density at radius 3 is 2.71 bits per heavy atom. The Bertz CT molecular complexity index is 907. The van der Waals surface area contributed by atoms with Gasteiger partial charge in [0, 0.05) is 24.0 Å². The number of fused-ring (bicyclic) bond motifs is 3. The first kappa shape index (κ1) is 22.5. The normalized spacial score (nSPS) is 24.2. The predicted octanol–water partition coefficient (Wildman–Crippen LogP) is 4.95. The SMILES string of the molecule is CNC[C@H](O)CCc1ccc2c(NC(=O)CC3CC4CCCC(C4)C3)c(Cl)ccc2n1. The zero-order chi connectivity index (χ0) is 21.8. The van der Waals surface area contributed by atoms with Crippen LogP contribution in [0.15, 0.2) is 24.3 Å². The number of nitrogens with one attached hydrogen (secondary N) is 2. The molecule has 1 heterocycles. The van der Waals surface area contributed by atoms with E-state index in [0.29, 0.717) is 42.4 Å². The number of rotatable bonds is 8. The van der Waals surface area contributed by atoms with E-state index in [2.05, 4.69) is 10.6 Å². The summed E-state index contributed by atoms with van der Waals surface area (Å²) in [6.45, 7) is 0.571. The smallest absolute Gasteiger partial charge is 0.224 e. The minimum atomic E-state index is -0.387.